The molecular formula is C16H26N2. The summed E-state index contributed by atoms with van der Waals surface area (Å²) in [5.41, 5.74) is 17.0. The highest BCUT2D eigenvalue weighted by Crippen LogP contribution is 2.28. The SMILES string of the molecule is CCc1cc(CC2CCC(N)CC2)cc(C)c1N. The Labute approximate surface area is 111 Å². The Morgan fingerprint density at radius 3 is 2.44 bits per heavy atom. The zero-order valence-corrected chi connectivity index (χ0v) is 11.7. The molecule has 1 fully saturated rings. The molecule has 0 aromatic heterocycles. The number of benzene rings is 1. The first kappa shape index (κ1) is 13.4. The van der Waals surface area contributed by atoms with Gasteiger partial charge in [0, 0.05) is 11.7 Å². The second-order valence-electron chi connectivity index (χ2n) is 5.82. The van der Waals surface area contributed by atoms with Crippen LogP contribution in [0.25, 0.3) is 0 Å². The Morgan fingerprint density at radius 1 is 1.17 bits per heavy atom. The number of aryl methyl sites for hydroxylation is 2. The van der Waals surface area contributed by atoms with Crippen LogP contribution in [0.15, 0.2) is 12.1 Å². The zero-order valence-electron chi connectivity index (χ0n) is 11.7. The van der Waals surface area contributed by atoms with Gasteiger partial charge in [-0.05, 0) is 68.1 Å². The van der Waals surface area contributed by atoms with E-state index in [2.05, 4.69) is 26.0 Å². The molecule has 2 heteroatoms. The van der Waals surface area contributed by atoms with Crippen LogP contribution in [0.3, 0.4) is 0 Å². The number of nitrogen functional groups attached to an aromatic ring is 1. The Balaban J connectivity index is 2.07. The molecule has 2 rings (SSSR count). The Kier molecular flexibility index (Phi) is 4.28. The third-order valence-corrected chi connectivity index (χ3v) is 4.33. The average molecular weight is 246 g/mol. The molecule has 0 spiro atoms. The molecule has 1 aromatic rings. The topological polar surface area (TPSA) is 52.0 Å². The van der Waals surface area contributed by atoms with E-state index in [4.69, 9.17) is 11.5 Å². The number of hydrogen-bond acceptors (Lipinski definition) is 2. The summed E-state index contributed by atoms with van der Waals surface area (Å²) in [5, 5.41) is 0. The van der Waals surface area contributed by atoms with Crippen LogP contribution in [0.5, 0.6) is 0 Å². The molecule has 0 saturated heterocycles. The van der Waals surface area contributed by atoms with Crippen LogP contribution in [0.2, 0.25) is 0 Å². The Bertz CT molecular complexity index is 404. The van der Waals surface area contributed by atoms with Gasteiger partial charge in [-0.2, -0.15) is 0 Å². The van der Waals surface area contributed by atoms with Gasteiger partial charge in [-0.3, -0.25) is 0 Å². The molecule has 0 aliphatic heterocycles. The zero-order chi connectivity index (χ0) is 13.1. The third kappa shape index (κ3) is 3.05. The maximum Gasteiger partial charge on any atom is 0.0376 e. The van der Waals surface area contributed by atoms with Crippen molar-refractivity contribution in [1.82, 2.24) is 0 Å². The number of rotatable bonds is 3. The van der Waals surface area contributed by atoms with E-state index in [1.807, 2.05) is 0 Å². The molecule has 4 N–H and O–H groups in total. The van der Waals surface area contributed by atoms with Crippen LogP contribution in [-0.4, -0.2) is 6.04 Å². The van der Waals surface area contributed by atoms with Gasteiger partial charge in [-0.1, -0.05) is 19.1 Å². The molecule has 1 aliphatic carbocycles. The summed E-state index contributed by atoms with van der Waals surface area (Å²) in [4.78, 5) is 0. The van der Waals surface area contributed by atoms with Gasteiger partial charge in [-0.15, -0.1) is 0 Å². The van der Waals surface area contributed by atoms with Crippen molar-refractivity contribution in [3.8, 4) is 0 Å². The largest absolute Gasteiger partial charge is 0.398 e. The van der Waals surface area contributed by atoms with Crippen LogP contribution in [0, 0.1) is 12.8 Å². The highest BCUT2D eigenvalue weighted by Gasteiger charge is 2.19. The van der Waals surface area contributed by atoms with Gasteiger partial charge in [0.2, 0.25) is 0 Å². The van der Waals surface area contributed by atoms with E-state index >= 15 is 0 Å². The highest BCUT2D eigenvalue weighted by atomic mass is 14.6. The van der Waals surface area contributed by atoms with Crippen molar-refractivity contribution < 1.29 is 0 Å². The van der Waals surface area contributed by atoms with E-state index in [0.29, 0.717) is 6.04 Å². The van der Waals surface area contributed by atoms with E-state index in [0.717, 1.165) is 18.0 Å². The molecule has 1 aromatic carbocycles. The lowest BCUT2D eigenvalue weighted by atomic mass is 9.82. The van der Waals surface area contributed by atoms with Gasteiger partial charge < -0.3 is 11.5 Å². The summed E-state index contributed by atoms with van der Waals surface area (Å²) >= 11 is 0. The van der Waals surface area contributed by atoms with E-state index in [-0.39, 0.29) is 0 Å². The fraction of sp³-hybridized carbons (Fsp3) is 0.625. The van der Waals surface area contributed by atoms with Gasteiger partial charge in [0.1, 0.15) is 0 Å². The quantitative estimate of drug-likeness (QED) is 0.805. The van der Waals surface area contributed by atoms with Gasteiger partial charge in [0.05, 0.1) is 0 Å². The van der Waals surface area contributed by atoms with Crippen molar-refractivity contribution >= 4 is 5.69 Å². The maximum atomic E-state index is 6.10. The van der Waals surface area contributed by atoms with E-state index in [1.54, 1.807) is 0 Å². The minimum atomic E-state index is 0.445. The van der Waals surface area contributed by atoms with Gasteiger partial charge in [0.15, 0.2) is 0 Å². The molecule has 0 bridgehead atoms. The normalized spacial score (nSPS) is 24.2. The van der Waals surface area contributed by atoms with Crippen molar-refractivity contribution in [2.24, 2.45) is 11.7 Å². The monoisotopic (exact) mass is 246 g/mol. The second kappa shape index (κ2) is 5.75. The molecule has 0 radical (unpaired) electrons. The van der Waals surface area contributed by atoms with Crippen LogP contribution in [0.4, 0.5) is 5.69 Å². The lowest BCUT2D eigenvalue weighted by Gasteiger charge is -2.26. The van der Waals surface area contributed by atoms with Crippen LogP contribution < -0.4 is 11.5 Å². The molecule has 0 atom stereocenters. The van der Waals surface area contributed by atoms with E-state index < -0.39 is 0 Å². The van der Waals surface area contributed by atoms with Gasteiger partial charge in [0.25, 0.3) is 0 Å². The predicted molar refractivity (Wildman–Crippen MR) is 78.6 cm³/mol. The molecule has 1 saturated carbocycles. The lowest BCUT2D eigenvalue weighted by molar-refractivity contribution is 0.325. The second-order valence-corrected chi connectivity index (χ2v) is 5.82. The molecule has 100 valence electrons. The standard InChI is InChI=1S/C16H26N2/c1-3-14-10-13(8-11(2)16(14)18)9-12-4-6-15(17)7-5-12/h8,10,12,15H,3-7,9,17-18H2,1-2H3. The predicted octanol–water partition coefficient (Wildman–Crippen LogP) is 3.20. The first-order valence-electron chi connectivity index (χ1n) is 7.23. The number of anilines is 1. The first-order valence-corrected chi connectivity index (χ1v) is 7.23. The summed E-state index contributed by atoms with van der Waals surface area (Å²) < 4.78 is 0. The molecule has 2 nitrogen and oxygen atoms in total. The third-order valence-electron chi connectivity index (χ3n) is 4.33. The van der Waals surface area contributed by atoms with E-state index in [9.17, 15) is 0 Å². The summed E-state index contributed by atoms with van der Waals surface area (Å²) in [7, 11) is 0. The number of hydrogen-bond donors (Lipinski definition) is 2. The summed E-state index contributed by atoms with van der Waals surface area (Å²) in [6.07, 6.45) is 7.17. The fourth-order valence-electron chi connectivity index (χ4n) is 3.09. The van der Waals surface area contributed by atoms with Crippen LogP contribution in [0.1, 0.15) is 49.3 Å². The smallest absolute Gasteiger partial charge is 0.0376 e. The summed E-state index contributed by atoms with van der Waals surface area (Å²) in [6.45, 7) is 4.29. The van der Waals surface area contributed by atoms with Crippen molar-refractivity contribution in [2.45, 2.75) is 58.4 Å². The highest BCUT2D eigenvalue weighted by molar-refractivity contribution is 5.55. The van der Waals surface area contributed by atoms with Crippen LogP contribution >= 0.6 is 0 Å². The molecule has 18 heavy (non-hydrogen) atoms. The van der Waals surface area contributed by atoms with E-state index in [1.165, 1.54) is 48.8 Å². The first-order chi connectivity index (χ1) is 8.60. The summed E-state index contributed by atoms with van der Waals surface area (Å²) in [5.74, 6) is 0.817. The minimum Gasteiger partial charge on any atom is -0.398 e. The van der Waals surface area contributed by atoms with Crippen molar-refractivity contribution in [3.63, 3.8) is 0 Å². The molecule has 0 unspecified atom stereocenters. The Hall–Kier alpha value is -1.02. The fourth-order valence-corrected chi connectivity index (χ4v) is 3.09. The van der Waals surface area contributed by atoms with Crippen molar-refractivity contribution in [1.29, 1.82) is 0 Å². The average Bonchev–Trinajstić information content (AvgIpc) is 2.36. The minimum absolute atomic E-state index is 0.445. The van der Waals surface area contributed by atoms with Crippen molar-refractivity contribution in [3.05, 3.63) is 28.8 Å². The molecule has 0 amide bonds. The molecule has 0 heterocycles. The molecule has 1 aliphatic rings. The Morgan fingerprint density at radius 2 is 1.83 bits per heavy atom. The molecular weight excluding hydrogens is 220 g/mol. The van der Waals surface area contributed by atoms with Crippen LogP contribution in [-0.2, 0) is 12.8 Å². The maximum absolute atomic E-state index is 6.10. The lowest BCUT2D eigenvalue weighted by Crippen LogP contribution is -2.27. The van der Waals surface area contributed by atoms with Crippen molar-refractivity contribution in [2.75, 3.05) is 5.73 Å². The number of nitrogens with two attached hydrogens (primary N) is 2. The van der Waals surface area contributed by atoms with Gasteiger partial charge in [-0.25, -0.2) is 0 Å². The van der Waals surface area contributed by atoms with Gasteiger partial charge >= 0.3 is 0 Å². The summed E-state index contributed by atoms with van der Waals surface area (Å²) in [6, 6.07) is 5.01.